The first-order chi connectivity index (χ1) is 11.2. The molecule has 0 unspecified atom stereocenters. The fraction of sp³-hybridized carbons (Fsp3) is 0.688. The molecule has 3 fully saturated rings. The van der Waals surface area contributed by atoms with E-state index >= 15 is 0 Å². The molecule has 2 saturated heterocycles. The number of imide groups is 1. The maximum absolute atomic E-state index is 12.6. The van der Waals surface area contributed by atoms with Gasteiger partial charge in [-0.25, -0.2) is 4.79 Å². The van der Waals surface area contributed by atoms with Crippen molar-refractivity contribution in [3.63, 3.8) is 0 Å². The summed E-state index contributed by atoms with van der Waals surface area (Å²) < 4.78 is 5.21. The molecule has 4 atom stereocenters. The fourth-order valence-corrected chi connectivity index (χ4v) is 4.32. The van der Waals surface area contributed by atoms with Gasteiger partial charge in [-0.3, -0.25) is 14.5 Å². The summed E-state index contributed by atoms with van der Waals surface area (Å²) in [6.07, 6.45) is 6.15. The lowest BCUT2D eigenvalue weighted by Crippen LogP contribution is -2.50. The monoisotopic (exact) mass is 319 g/mol. The van der Waals surface area contributed by atoms with E-state index in [9.17, 15) is 14.4 Å². The van der Waals surface area contributed by atoms with Crippen LogP contribution in [0.15, 0.2) is 12.2 Å². The van der Waals surface area contributed by atoms with Crippen LogP contribution in [0.2, 0.25) is 0 Å². The molecule has 3 aliphatic carbocycles. The Morgan fingerprint density at radius 2 is 1.65 bits per heavy atom. The third-order valence-electron chi connectivity index (χ3n) is 5.54. The molecule has 5 aliphatic rings. The van der Waals surface area contributed by atoms with Gasteiger partial charge >= 0.3 is 6.03 Å². The number of urea groups is 1. The number of allylic oxidation sites excluding steroid dienone is 2. The maximum Gasteiger partial charge on any atom is 0.318 e. The van der Waals surface area contributed by atoms with E-state index in [1.165, 1.54) is 4.90 Å². The Kier molecular flexibility index (Phi) is 3.60. The van der Waals surface area contributed by atoms with Gasteiger partial charge in [0.15, 0.2) is 0 Å². The molecule has 23 heavy (non-hydrogen) atoms. The Balaban J connectivity index is 1.41. The second-order valence-corrected chi connectivity index (χ2v) is 6.69. The van der Waals surface area contributed by atoms with Gasteiger partial charge in [0.05, 0.1) is 25.0 Å². The average Bonchev–Trinajstić information content (AvgIpc) is 2.88. The number of hydrogen-bond acceptors (Lipinski definition) is 4. The highest BCUT2D eigenvalue weighted by Gasteiger charge is 2.56. The smallest absolute Gasteiger partial charge is 0.318 e. The minimum atomic E-state index is -0.245. The predicted octanol–water partition coefficient (Wildman–Crippen LogP) is 0.183. The van der Waals surface area contributed by atoms with Gasteiger partial charge in [0, 0.05) is 13.1 Å². The Bertz CT molecular complexity index is 538. The summed E-state index contributed by atoms with van der Waals surface area (Å²) >= 11 is 0. The van der Waals surface area contributed by atoms with E-state index in [0.29, 0.717) is 26.3 Å². The molecule has 2 heterocycles. The molecule has 2 bridgehead atoms. The number of nitrogens with zero attached hydrogens (tertiary/aromatic N) is 2. The number of morpholine rings is 1. The first kappa shape index (κ1) is 14.7. The van der Waals surface area contributed by atoms with E-state index in [-0.39, 0.29) is 48.2 Å². The molecular formula is C16H21N3O4. The lowest BCUT2D eigenvalue weighted by atomic mass is 9.63. The Labute approximate surface area is 134 Å². The van der Waals surface area contributed by atoms with Crippen molar-refractivity contribution in [1.82, 2.24) is 15.1 Å². The van der Waals surface area contributed by atoms with Crippen molar-refractivity contribution >= 4 is 17.8 Å². The summed E-state index contributed by atoms with van der Waals surface area (Å²) in [7, 11) is 0. The molecular weight excluding hydrogens is 298 g/mol. The van der Waals surface area contributed by atoms with Crippen molar-refractivity contribution in [1.29, 1.82) is 0 Å². The molecule has 124 valence electrons. The number of nitrogens with one attached hydrogen (secondary N) is 1. The Hall–Kier alpha value is -1.89. The highest BCUT2D eigenvalue weighted by Crippen LogP contribution is 2.49. The highest BCUT2D eigenvalue weighted by molar-refractivity contribution is 6.06. The van der Waals surface area contributed by atoms with Gasteiger partial charge in [-0.15, -0.1) is 0 Å². The molecule has 0 aromatic carbocycles. The average molecular weight is 319 g/mol. The molecule has 7 heteroatoms. The normalized spacial score (nSPS) is 35.7. The van der Waals surface area contributed by atoms with Crippen LogP contribution in [-0.2, 0) is 14.3 Å². The lowest BCUT2D eigenvalue weighted by Gasteiger charge is -2.38. The fourth-order valence-electron chi connectivity index (χ4n) is 4.32. The molecule has 1 saturated carbocycles. The molecule has 0 spiro atoms. The SMILES string of the molecule is O=C(NCN1C(=O)[C@@H]2[C@H](C1=O)[C@H]1C=C[C@H]2CC1)N1CCOCC1. The highest BCUT2D eigenvalue weighted by atomic mass is 16.5. The number of rotatable bonds is 2. The van der Waals surface area contributed by atoms with E-state index < -0.39 is 0 Å². The van der Waals surface area contributed by atoms with E-state index in [1.807, 2.05) is 0 Å². The summed E-state index contributed by atoms with van der Waals surface area (Å²) in [5.74, 6) is -0.316. The van der Waals surface area contributed by atoms with Gasteiger partial charge in [-0.1, -0.05) is 12.2 Å². The number of amides is 4. The summed E-state index contributed by atoms with van der Waals surface area (Å²) in [6, 6.07) is -0.245. The molecule has 0 radical (unpaired) electrons. The van der Waals surface area contributed by atoms with Crippen molar-refractivity contribution in [2.45, 2.75) is 12.8 Å². The van der Waals surface area contributed by atoms with E-state index in [1.54, 1.807) is 4.90 Å². The molecule has 0 aromatic heterocycles. The second kappa shape index (κ2) is 5.63. The van der Waals surface area contributed by atoms with Crippen LogP contribution < -0.4 is 5.32 Å². The summed E-state index contributed by atoms with van der Waals surface area (Å²) in [5, 5.41) is 2.71. The summed E-state index contributed by atoms with van der Waals surface area (Å²) in [5.41, 5.74) is 0. The van der Waals surface area contributed by atoms with Crippen LogP contribution in [0.5, 0.6) is 0 Å². The van der Waals surface area contributed by atoms with Crippen LogP contribution in [-0.4, -0.2) is 60.6 Å². The zero-order valence-corrected chi connectivity index (χ0v) is 12.9. The zero-order chi connectivity index (χ0) is 16.0. The third-order valence-corrected chi connectivity index (χ3v) is 5.54. The standard InChI is InChI=1S/C16H21N3O4/c20-14-12-10-1-2-11(4-3-10)13(12)15(21)19(14)9-17-16(22)18-5-7-23-8-6-18/h1-2,10-13H,3-9H2,(H,17,22)/t10-,11-,12-,13+/m0/s1. The topological polar surface area (TPSA) is 79.0 Å². The van der Waals surface area contributed by atoms with E-state index in [4.69, 9.17) is 4.74 Å². The number of fused-ring (bicyclic) bond motifs is 1. The van der Waals surface area contributed by atoms with Crippen LogP contribution in [0.1, 0.15) is 12.8 Å². The van der Waals surface area contributed by atoms with Crippen LogP contribution in [0.3, 0.4) is 0 Å². The van der Waals surface area contributed by atoms with Gasteiger partial charge in [0.25, 0.3) is 0 Å². The van der Waals surface area contributed by atoms with E-state index in [2.05, 4.69) is 17.5 Å². The molecule has 7 nitrogen and oxygen atoms in total. The first-order valence-corrected chi connectivity index (χ1v) is 8.31. The maximum atomic E-state index is 12.6. The molecule has 2 aliphatic heterocycles. The number of likely N-dealkylation sites (tertiary alicyclic amines) is 1. The van der Waals surface area contributed by atoms with Gasteiger partial charge in [0.1, 0.15) is 6.67 Å². The third kappa shape index (κ3) is 2.34. The van der Waals surface area contributed by atoms with Crippen molar-refractivity contribution in [2.75, 3.05) is 33.0 Å². The number of carbonyl (C=O) groups excluding carboxylic acids is 3. The van der Waals surface area contributed by atoms with Crippen molar-refractivity contribution in [3.05, 3.63) is 12.2 Å². The predicted molar refractivity (Wildman–Crippen MR) is 80.0 cm³/mol. The first-order valence-electron chi connectivity index (χ1n) is 8.31. The zero-order valence-electron chi connectivity index (χ0n) is 12.9. The molecule has 0 aromatic rings. The van der Waals surface area contributed by atoms with Crippen LogP contribution >= 0.6 is 0 Å². The van der Waals surface area contributed by atoms with Gasteiger partial charge in [-0.05, 0) is 24.7 Å². The van der Waals surface area contributed by atoms with Crippen LogP contribution in [0, 0.1) is 23.7 Å². The second-order valence-electron chi connectivity index (χ2n) is 6.69. The molecule has 1 N–H and O–H groups in total. The molecule has 5 rings (SSSR count). The number of hydrogen-bond donors (Lipinski definition) is 1. The van der Waals surface area contributed by atoms with Gasteiger partial charge in [-0.2, -0.15) is 0 Å². The largest absolute Gasteiger partial charge is 0.378 e. The Morgan fingerprint density at radius 3 is 2.17 bits per heavy atom. The van der Waals surface area contributed by atoms with Gasteiger partial charge < -0.3 is 15.0 Å². The minimum absolute atomic E-state index is 0.0275. The molecule has 4 amide bonds. The van der Waals surface area contributed by atoms with Gasteiger partial charge in [0.2, 0.25) is 11.8 Å². The summed E-state index contributed by atoms with van der Waals surface area (Å²) in [4.78, 5) is 40.2. The van der Waals surface area contributed by atoms with Crippen LogP contribution in [0.4, 0.5) is 4.79 Å². The number of ether oxygens (including phenoxy) is 1. The quantitative estimate of drug-likeness (QED) is 0.582. The van der Waals surface area contributed by atoms with E-state index in [0.717, 1.165) is 12.8 Å². The lowest BCUT2D eigenvalue weighted by molar-refractivity contribution is -0.140. The number of carbonyl (C=O) groups is 3. The van der Waals surface area contributed by atoms with Crippen molar-refractivity contribution in [2.24, 2.45) is 23.7 Å². The van der Waals surface area contributed by atoms with Crippen molar-refractivity contribution in [3.8, 4) is 0 Å². The Morgan fingerprint density at radius 1 is 1.09 bits per heavy atom. The van der Waals surface area contributed by atoms with Crippen LogP contribution in [0.25, 0.3) is 0 Å². The summed E-state index contributed by atoms with van der Waals surface area (Å²) in [6.45, 7) is 2.09. The van der Waals surface area contributed by atoms with Crippen molar-refractivity contribution < 1.29 is 19.1 Å². The minimum Gasteiger partial charge on any atom is -0.378 e.